The van der Waals surface area contributed by atoms with Crippen LogP contribution in [0.3, 0.4) is 0 Å². The van der Waals surface area contributed by atoms with Gasteiger partial charge in [0.1, 0.15) is 0 Å². The van der Waals surface area contributed by atoms with Gasteiger partial charge in [0, 0.05) is 13.5 Å². The van der Waals surface area contributed by atoms with E-state index in [2.05, 4.69) is 4.74 Å². The van der Waals surface area contributed by atoms with E-state index in [9.17, 15) is 26.3 Å². The monoisotopic (exact) mass is 240 g/mol. The van der Waals surface area contributed by atoms with Gasteiger partial charge in [-0.1, -0.05) is 0 Å². The molecule has 0 rings (SSSR count). The molecule has 15 heavy (non-hydrogen) atoms. The Bertz CT molecular complexity index is 195. The van der Waals surface area contributed by atoms with Gasteiger partial charge in [-0.25, -0.2) is 0 Å². The van der Waals surface area contributed by atoms with Gasteiger partial charge in [0.15, 0.2) is 0 Å². The molecule has 0 radical (unpaired) electrons. The molecule has 0 spiro atoms. The lowest BCUT2D eigenvalue weighted by Gasteiger charge is -2.33. The molecular weight excluding hydrogens is 230 g/mol. The number of methoxy groups -OCH3 is 1. The van der Waals surface area contributed by atoms with E-state index in [0.29, 0.717) is 0 Å². The lowest BCUT2D eigenvalue weighted by atomic mass is 9.95. The SMILES string of the molecule is COC(C)CC(O)(C(F)(F)F)C(F)(F)F. The van der Waals surface area contributed by atoms with Crippen LogP contribution in [0.5, 0.6) is 0 Å². The van der Waals surface area contributed by atoms with Crippen LogP contribution in [0.15, 0.2) is 0 Å². The second kappa shape index (κ2) is 4.17. The molecule has 0 bridgehead atoms. The zero-order valence-electron chi connectivity index (χ0n) is 7.91. The van der Waals surface area contributed by atoms with Crippen LogP contribution in [-0.4, -0.2) is 36.3 Å². The highest BCUT2D eigenvalue weighted by Gasteiger charge is 2.70. The van der Waals surface area contributed by atoms with Crippen molar-refractivity contribution in [1.29, 1.82) is 0 Å². The molecule has 2 nitrogen and oxygen atoms in total. The first-order chi connectivity index (χ1) is 6.45. The van der Waals surface area contributed by atoms with Gasteiger partial charge in [-0.2, -0.15) is 26.3 Å². The van der Waals surface area contributed by atoms with Gasteiger partial charge < -0.3 is 9.84 Å². The molecule has 0 amide bonds. The summed E-state index contributed by atoms with van der Waals surface area (Å²) in [5.74, 6) is 0. The summed E-state index contributed by atoms with van der Waals surface area (Å²) in [6.45, 7) is 1.00. The molecule has 0 aliphatic heterocycles. The molecule has 8 heteroatoms. The lowest BCUT2D eigenvalue weighted by Crippen LogP contribution is -2.58. The summed E-state index contributed by atoms with van der Waals surface area (Å²) in [4.78, 5) is 0. The van der Waals surface area contributed by atoms with Gasteiger partial charge >= 0.3 is 12.4 Å². The van der Waals surface area contributed by atoms with Gasteiger partial charge in [-0.3, -0.25) is 0 Å². The van der Waals surface area contributed by atoms with Crippen LogP contribution >= 0.6 is 0 Å². The molecular formula is C7H10F6O2. The number of hydrogen-bond donors (Lipinski definition) is 1. The number of hydrogen-bond acceptors (Lipinski definition) is 2. The van der Waals surface area contributed by atoms with E-state index in [1.54, 1.807) is 0 Å². The average molecular weight is 240 g/mol. The number of alkyl halides is 6. The molecule has 0 heterocycles. The first kappa shape index (κ1) is 14.5. The maximum Gasteiger partial charge on any atom is 0.426 e. The van der Waals surface area contributed by atoms with Crippen LogP contribution in [0.4, 0.5) is 26.3 Å². The van der Waals surface area contributed by atoms with E-state index in [1.807, 2.05) is 0 Å². The third-order valence-electron chi connectivity index (χ3n) is 1.92. The fraction of sp³-hybridized carbons (Fsp3) is 1.00. The number of rotatable bonds is 3. The molecule has 0 fully saturated rings. The number of halogens is 6. The summed E-state index contributed by atoms with van der Waals surface area (Å²) in [5, 5.41) is 8.66. The second-order valence-electron chi connectivity index (χ2n) is 3.11. The van der Waals surface area contributed by atoms with E-state index in [4.69, 9.17) is 5.11 Å². The van der Waals surface area contributed by atoms with Gasteiger partial charge in [-0.05, 0) is 6.92 Å². The van der Waals surface area contributed by atoms with Crippen molar-refractivity contribution >= 4 is 0 Å². The predicted octanol–water partition coefficient (Wildman–Crippen LogP) is 2.27. The van der Waals surface area contributed by atoms with Crippen molar-refractivity contribution in [2.24, 2.45) is 0 Å². The predicted molar refractivity (Wildman–Crippen MR) is 38.1 cm³/mol. The maximum atomic E-state index is 12.1. The lowest BCUT2D eigenvalue weighted by molar-refractivity contribution is -0.373. The standard InChI is InChI=1S/C7H10F6O2/c1-4(15-2)3-5(14,6(8,9)10)7(11,12)13/h4,14H,3H2,1-2H3. The third-order valence-corrected chi connectivity index (χ3v) is 1.92. The molecule has 0 aromatic heterocycles. The molecule has 0 aromatic carbocycles. The van der Waals surface area contributed by atoms with Crippen molar-refractivity contribution in [3.63, 3.8) is 0 Å². The fourth-order valence-corrected chi connectivity index (χ4v) is 0.892. The molecule has 0 saturated carbocycles. The maximum absolute atomic E-state index is 12.1. The van der Waals surface area contributed by atoms with Crippen LogP contribution in [0, 0.1) is 0 Å². The number of aliphatic hydroxyl groups is 1. The van der Waals surface area contributed by atoms with E-state index < -0.39 is 30.5 Å². The molecule has 0 aliphatic rings. The van der Waals surface area contributed by atoms with Crippen molar-refractivity contribution in [2.75, 3.05) is 7.11 Å². The highest BCUT2D eigenvalue weighted by molar-refractivity contribution is 4.95. The summed E-state index contributed by atoms with van der Waals surface area (Å²) in [6.07, 6.45) is -14.5. The van der Waals surface area contributed by atoms with Crippen LogP contribution in [0.2, 0.25) is 0 Å². The second-order valence-corrected chi connectivity index (χ2v) is 3.11. The quantitative estimate of drug-likeness (QED) is 0.767. The Morgan fingerprint density at radius 1 is 1.07 bits per heavy atom. The summed E-state index contributed by atoms with van der Waals surface area (Å²) in [6, 6.07) is 0. The van der Waals surface area contributed by atoms with E-state index in [0.717, 1.165) is 14.0 Å². The van der Waals surface area contributed by atoms with Crippen LogP contribution < -0.4 is 0 Å². The smallest absolute Gasteiger partial charge is 0.382 e. The zero-order chi connectivity index (χ0) is 12.5. The van der Waals surface area contributed by atoms with E-state index in [-0.39, 0.29) is 0 Å². The minimum atomic E-state index is -5.78. The first-order valence-electron chi connectivity index (χ1n) is 3.84. The fourth-order valence-electron chi connectivity index (χ4n) is 0.892. The van der Waals surface area contributed by atoms with Crippen molar-refractivity contribution < 1.29 is 36.2 Å². The van der Waals surface area contributed by atoms with Gasteiger partial charge in [-0.15, -0.1) is 0 Å². The number of ether oxygens (including phenoxy) is 1. The molecule has 1 atom stereocenters. The van der Waals surface area contributed by atoms with Crippen LogP contribution in [-0.2, 0) is 4.74 Å². The first-order valence-corrected chi connectivity index (χ1v) is 3.84. The Morgan fingerprint density at radius 2 is 1.40 bits per heavy atom. The van der Waals surface area contributed by atoms with E-state index in [1.165, 1.54) is 0 Å². The Kier molecular flexibility index (Phi) is 4.03. The van der Waals surface area contributed by atoms with Crippen molar-refractivity contribution in [3.8, 4) is 0 Å². The molecule has 0 aliphatic carbocycles. The highest BCUT2D eigenvalue weighted by Crippen LogP contribution is 2.45. The molecule has 1 N–H and O–H groups in total. The van der Waals surface area contributed by atoms with Gasteiger partial charge in [0.25, 0.3) is 5.60 Å². The van der Waals surface area contributed by atoms with Crippen molar-refractivity contribution in [1.82, 2.24) is 0 Å². The summed E-state index contributed by atoms with van der Waals surface area (Å²) < 4.78 is 76.7. The Labute approximate surface area is 81.8 Å². The third kappa shape index (κ3) is 2.97. The van der Waals surface area contributed by atoms with Crippen LogP contribution in [0.25, 0.3) is 0 Å². The zero-order valence-corrected chi connectivity index (χ0v) is 7.91. The molecule has 1 unspecified atom stereocenters. The Balaban J connectivity index is 5.06. The topological polar surface area (TPSA) is 29.5 Å². The average Bonchev–Trinajstić information content (AvgIpc) is 1.99. The van der Waals surface area contributed by atoms with Crippen molar-refractivity contribution in [2.45, 2.75) is 37.4 Å². The van der Waals surface area contributed by atoms with Crippen molar-refractivity contribution in [3.05, 3.63) is 0 Å². The van der Waals surface area contributed by atoms with Crippen LogP contribution in [0.1, 0.15) is 13.3 Å². The molecule has 0 saturated heterocycles. The van der Waals surface area contributed by atoms with Gasteiger partial charge in [0.2, 0.25) is 0 Å². The molecule has 92 valence electrons. The summed E-state index contributed by atoms with van der Waals surface area (Å²) in [7, 11) is 0.956. The highest BCUT2D eigenvalue weighted by atomic mass is 19.4. The summed E-state index contributed by atoms with van der Waals surface area (Å²) in [5.41, 5.74) is -4.73. The van der Waals surface area contributed by atoms with E-state index >= 15 is 0 Å². The Hall–Kier alpha value is -0.500. The normalized spacial score (nSPS) is 16.6. The Morgan fingerprint density at radius 3 is 1.60 bits per heavy atom. The molecule has 0 aromatic rings. The summed E-state index contributed by atoms with van der Waals surface area (Å²) >= 11 is 0. The minimum absolute atomic E-state index is 0.956. The largest absolute Gasteiger partial charge is 0.426 e. The minimum Gasteiger partial charge on any atom is -0.382 e. The van der Waals surface area contributed by atoms with Gasteiger partial charge in [0.05, 0.1) is 6.10 Å².